The maximum absolute atomic E-state index is 12.7. The summed E-state index contributed by atoms with van der Waals surface area (Å²) in [5.74, 6) is -0.131. The number of nitrogens with zero attached hydrogens (tertiary/aromatic N) is 3. The van der Waals surface area contributed by atoms with Crippen LogP contribution in [0.15, 0.2) is 48.8 Å². The number of fused-ring (bicyclic) bond motifs is 1. The first-order valence-corrected chi connectivity index (χ1v) is 8.39. The summed E-state index contributed by atoms with van der Waals surface area (Å²) in [6, 6.07) is 11.5. The van der Waals surface area contributed by atoms with Crippen LogP contribution in [0.3, 0.4) is 0 Å². The summed E-state index contributed by atoms with van der Waals surface area (Å²) in [5.41, 5.74) is 4.20. The summed E-state index contributed by atoms with van der Waals surface area (Å²) in [6.07, 6.45) is 3.72. The van der Waals surface area contributed by atoms with E-state index in [4.69, 9.17) is 4.74 Å². The molecule has 0 bridgehead atoms. The normalized spacial score (nSPS) is 14.7. The van der Waals surface area contributed by atoms with Crippen molar-refractivity contribution in [2.24, 2.45) is 0 Å². The summed E-state index contributed by atoms with van der Waals surface area (Å²) in [4.78, 5) is 19.3. The van der Waals surface area contributed by atoms with Gasteiger partial charge in [-0.05, 0) is 31.2 Å². The van der Waals surface area contributed by atoms with Gasteiger partial charge in [0, 0.05) is 25.5 Å². The van der Waals surface area contributed by atoms with Gasteiger partial charge in [0.25, 0.3) is 5.91 Å². The predicted octanol–water partition coefficient (Wildman–Crippen LogP) is 2.73. The number of rotatable bonds is 3. The first-order valence-electron chi connectivity index (χ1n) is 8.39. The number of carbonyl (C=O) groups is 1. The Labute approximate surface area is 146 Å². The number of hydrogen-bond donors (Lipinski definition) is 1. The molecule has 1 amide bonds. The van der Waals surface area contributed by atoms with Crippen molar-refractivity contribution in [2.45, 2.75) is 6.92 Å². The number of aryl methyl sites for hydroxylation is 1. The third-order valence-corrected chi connectivity index (χ3v) is 4.34. The van der Waals surface area contributed by atoms with Gasteiger partial charge in [0.05, 0.1) is 35.8 Å². The monoisotopic (exact) mass is 336 g/mol. The molecule has 0 radical (unpaired) electrons. The van der Waals surface area contributed by atoms with Crippen molar-refractivity contribution in [1.29, 1.82) is 0 Å². The number of nitrogens with one attached hydrogen (secondary N) is 1. The van der Waals surface area contributed by atoms with Crippen molar-refractivity contribution >= 4 is 22.9 Å². The minimum atomic E-state index is -0.131. The number of para-hydroxylation sites is 2. The molecule has 1 aliphatic rings. The van der Waals surface area contributed by atoms with Crippen molar-refractivity contribution < 1.29 is 9.53 Å². The van der Waals surface area contributed by atoms with E-state index in [9.17, 15) is 4.79 Å². The average molecular weight is 336 g/mol. The lowest BCUT2D eigenvalue weighted by molar-refractivity contribution is 0.102. The number of hydrogen-bond acceptors (Lipinski definition) is 4. The fraction of sp³-hybridized carbons (Fsp3) is 0.263. The summed E-state index contributed by atoms with van der Waals surface area (Å²) >= 11 is 0. The van der Waals surface area contributed by atoms with Crippen LogP contribution >= 0.6 is 0 Å². The first-order chi connectivity index (χ1) is 12.2. The number of imidazole rings is 1. The second-order valence-corrected chi connectivity index (χ2v) is 6.14. The lowest BCUT2D eigenvalue weighted by atomic mass is 10.2. The number of carbonyl (C=O) groups excluding carboxylic acids is 1. The van der Waals surface area contributed by atoms with Crippen molar-refractivity contribution in [3.8, 4) is 0 Å². The average Bonchev–Trinajstić information content (AvgIpc) is 3.02. The Hall–Kier alpha value is -2.86. The van der Waals surface area contributed by atoms with E-state index in [0.717, 1.165) is 35.8 Å². The van der Waals surface area contributed by atoms with Crippen molar-refractivity contribution in [2.75, 3.05) is 36.5 Å². The minimum Gasteiger partial charge on any atom is -0.378 e. The van der Waals surface area contributed by atoms with E-state index in [-0.39, 0.29) is 5.91 Å². The smallest absolute Gasteiger partial charge is 0.257 e. The summed E-state index contributed by atoms with van der Waals surface area (Å²) in [7, 11) is 0. The van der Waals surface area contributed by atoms with E-state index in [1.165, 1.54) is 0 Å². The summed E-state index contributed by atoms with van der Waals surface area (Å²) in [6.45, 7) is 5.00. The zero-order valence-corrected chi connectivity index (χ0v) is 14.1. The van der Waals surface area contributed by atoms with Gasteiger partial charge in [0.2, 0.25) is 0 Å². The largest absolute Gasteiger partial charge is 0.378 e. The van der Waals surface area contributed by atoms with E-state index in [1.807, 2.05) is 54.0 Å². The number of morpholine rings is 1. The first kappa shape index (κ1) is 15.7. The highest BCUT2D eigenvalue weighted by Gasteiger charge is 2.16. The Bertz CT molecular complexity index is 913. The number of pyridine rings is 1. The molecule has 1 aliphatic heterocycles. The highest BCUT2D eigenvalue weighted by Crippen LogP contribution is 2.26. The standard InChI is InChI=1S/C19H20N4O2/c1-14-12-23-13-15(6-7-18(23)20-14)19(24)21-16-4-2-3-5-17(16)22-8-10-25-11-9-22/h2-7,12-13H,8-11H2,1H3,(H,21,24). The fourth-order valence-corrected chi connectivity index (χ4v) is 3.11. The van der Waals surface area contributed by atoms with E-state index in [1.54, 1.807) is 6.07 Å². The highest BCUT2D eigenvalue weighted by atomic mass is 16.5. The predicted molar refractivity (Wildman–Crippen MR) is 97.4 cm³/mol. The van der Waals surface area contributed by atoms with Crippen LogP contribution in [-0.2, 0) is 4.74 Å². The van der Waals surface area contributed by atoms with Crippen LogP contribution in [0.25, 0.3) is 5.65 Å². The number of amides is 1. The molecule has 0 spiro atoms. The van der Waals surface area contributed by atoms with Crippen molar-refractivity contribution in [3.05, 3.63) is 60.0 Å². The second kappa shape index (κ2) is 6.57. The fourth-order valence-electron chi connectivity index (χ4n) is 3.11. The molecule has 0 saturated carbocycles. The van der Waals surface area contributed by atoms with Crippen LogP contribution in [0.1, 0.15) is 16.1 Å². The zero-order chi connectivity index (χ0) is 17.2. The third kappa shape index (κ3) is 3.21. The van der Waals surface area contributed by atoms with Crippen LogP contribution in [0.2, 0.25) is 0 Å². The van der Waals surface area contributed by atoms with Crippen molar-refractivity contribution in [3.63, 3.8) is 0 Å². The zero-order valence-electron chi connectivity index (χ0n) is 14.1. The highest BCUT2D eigenvalue weighted by molar-refractivity contribution is 6.06. The molecule has 25 heavy (non-hydrogen) atoms. The molecule has 1 aromatic carbocycles. The summed E-state index contributed by atoms with van der Waals surface area (Å²) < 4.78 is 7.29. The topological polar surface area (TPSA) is 58.9 Å². The molecule has 0 atom stereocenters. The molecule has 0 aliphatic carbocycles. The molecule has 128 valence electrons. The van der Waals surface area contributed by atoms with Crippen molar-refractivity contribution in [1.82, 2.24) is 9.38 Å². The Morgan fingerprint density at radius 1 is 1.12 bits per heavy atom. The maximum Gasteiger partial charge on any atom is 0.257 e. The van der Waals surface area contributed by atoms with Gasteiger partial charge in [-0.15, -0.1) is 0 Å². The number of benzene rings is 1. The molecule has 4 rings (SSSR count). The molecule has 1 fully saturated rings. The third-order valence-electron chi connectivity index (χ3n) is 4.34. The molecule has 2 aromatic heterocycles. The second-order valence-electron chi connectivity index (χ2n) is 6.14. The quantitative estimate of drug-likeness (QED) is 0.799. The summed E-state index contributed by atoms with van der Waals surface area (Å²) in [5, 5.41) is 3.04. The van der Waals surface area contributed by atoms with Crippen LogP contribution in [0.5, 0.6) is 0 Å². The van der Waals surface area contributed by atoms with Gasteiger partial charge in [-0.3, -0.25) is 4.79 Å². The van der Waals surface area contributed by atoms with Crippen LogP contribution in [-0.4, -0.2) is 41.6 Å². The van der Waals surface area contributed by atoms with Crippen LogP contribution in [0, 0.1) is 6.92 Å². The number of ether oxygens (including phenoxy) is 1. The Morgan fingerprint density at radius 2 is 1.92 bits per heavy atom. The van der Waals surface area contributed by atoms with E-state index < -0.39 is 0 Å². The molecule has 0 unspecified atom stereocenters. The van der Waals surface area contributed by atoms with Gasteiger partial charge in [0.15, 0.2) is 0 Å². The van der Waals surface area contributed by atoms with E-state index in [0.29, 0.717) is 18.8 Å². The van der Waals surface area contributed by atoms with Gasteiger partial charge in [-0.2, -0.15) is 0 Å². The lowest BCUT2D eigenvalue weighted by Gasteiger charge is -2.30. The molecule has 6 nitrogen and oxygen atoms in total. The number of anilines is 2. The lowest BCUT2D eigenvalue weighted by Crippen LogP contribution is -2.36. The van der Waals surface area contributed by atoms with Gasteiger partial charge >= 0.3 is 0 Å². The van der Waals surface area contributed by atoms with Crippen LogP contribution in [0.4, 0.5) is 11.4 Å². The van der Waals surface area contributed by atoms with Crippen LogP contribution < -0.4 is 10.2 Å². The SMILES string of the molecule is Cc1cn2cc(C(=O)Nc3ccccc3N3CCOCC3)ccc2n1. The minimum absolute atomic E-state index is 0.131. The van der Waals surface area contributed by atoms with Gasteiger partial charge in [-0.25, -0.2) is 4.98 Å². The molecular formula is C19H20N4O2. The van der Waals surface area contributed by atoms with E-state index >= 15 is 0 Å². The molecule has 6 heteroatoms. The molecule has 3 heterocycles. The molecule has 1 saturated heterocycles. The van der Waals surface area contributed by atoms with Gasteiger partial charge in [-0.1, -0.05) is 12.1 Å². The van der Waals surface area contributed by atoms with Gasteiger partial charge < -0.3 is 19.4 Å². The molecular weight excluding hydrogens is 316 g/mol. The maximum atomic E-state index is 12.7. The molecule has 1 N–H and O–H groups in total. The van der Waals surface area contributed by atoms with Gasteiger partial charge in [0.1, 0.15) is 5.65 Å². The molecule has 3 aromatic rings. The van der Waals surface area contributed by atoms with E-state index in [2.05, 4.69) is 15.2 Å². The Morgan fingerprint density at radius 3 is 2.76 bits per heavy atom. The number of aromatic nitrogens is 2. The Kier molecular flexibility index (Phi) is 4.11. The Balaban J connectivity index is 1.59.